The average molecular weight is 541 g/mol. The van der Waals surface area contributed by atoms with Gasteiger partial charge in [0.25, 0.3) is 5.91 Å². The van der Waals surface area contributed by atoms with E-state index in [1.165, 1.54) is 24.3 Å². The van der Waals surface area contributed by atoms with Gasteiger partial charge in [0.15, 0.2) is 6.61 Å². The molecule has 0 unspecified atom stereocenters. The molecule has 0 saturated heterocycles. The average Bonchev–Trinajstić information content (AvgIpc) is 2.86. The number of unbranched alkanes of at least 4 members (excludes halogenated alkanes) is 1. The van der Waals surface area contributed by atoms with Crippen molar-refractivity contribution in [2.75, 3.05) is 13.2 Å². The van der Waals surface area contributed by atoms with Gasteiger partial charge in [-0.3, -0.25) is 9.59 Å². The Morgan fingerprint density at radius 1 is 1.00 bits per heavy atom. The Morgan fingerprint density at radius 2 is 1.71 bits per heavy atom. The van der Waals surface area contributed by atoms with E-state index in [1.807, 2.05) is 54.6 Å². The number of nitrogens with one attached hydrogen (secondary N) is 1. The number of ether oxygens (including phenoxy) is 1. The standard InChI is InChI=1S/C28H30BrFN2O3/c1-2-3-16-31-28(34)26(18-21-8-5-4-6-9-21)32(19-22-10-7-11-23(29)17-22)27(33)20-35-25-14-12-24(30)13-15-25/h4-15,17,26H,2-3,16,18-20H2,1H3,(H,31,34)/t26-/m0/s1. The van der Waals surface area contributed by atoms with E-state index in [0.717, 1.165) is 28.4 Å². The highest BCUT2D eigenvalue weighted by atomic mass is 79.9. The predicted molar refractivity (Wildman–Crippen MR) is 138 cm³/mol. The number of amides is 2. The van der Waals surface area contributed by atoms with Gasteiger partial charge < -0.3 is 15.0 Å². The van der Waals surface area contributed by atoms with Crippen LogP contribution in [0.2, 0.25) is 0 Å². The summed E-state index contributed by atoms with van der Waals surface area (Å²) in [6.45, 7) is 2.58. The number of hydrogen-bond acceptors (Lipinski definition) is 3. The Hall–Kier alpha value is -3.19. The number of hydrogen-bond donors (Lipinski definition) is 1. The van der Waals surface area contributed by atoms with Crippen LogP contribution < -0.4 is 10.1 Å². The summed E-state index contributed by atoms with van der Waals surface area (Å²) in [5.74, 6) is -0.533. The Balaban J connectivity index is 1.87. The molecule has 35 heavy (non-hydrogen) atoms. The lowest BCUT2D eigenvalue weighted by Crippen LogP contribution is -2.51. The quantitative estimate of drug-likeness (QED) is 0.307. The minimum atomic E-state index is -0.724. The Labute approximate surface area is 214 Å². The van der Waals surface area contributed by atoms with E-state index in [4.69, 9.17) is 4.74 Å². The molecule has 3 aromatic carbocycles. The first-order valence-corrected chi connectivity index (χ1v) is 12.5. The molecule has 0 aliphatic rings. The minimum Gasteiger partial charge on any atom is -0.484 e. The molecule has 0 aliphatic carbocycles. The highest BCUT2D eigenvalue weighted by Gasteiger charge is 2.30. The lowest BCUT2D eigenvalue weighted by Gasteiger charge is -2.31. The molecule has 0 bridgehead atoms. The van der Waals surface area contributed by atoms with Crippen LogP contribution in [-0.4, -0.2) is 35.9 Å². The van der Waals surface area contributed by atoms with E-state index >= 15 is 0 Å². The molecule has 3 aromatic rings. The summed E-state index contributed by atoms with van der Waals surface area (Å²) < 4.78 is 19.8. The molecule has 3 rings (SSSR count). The van der Waals surface area contributed by atoms with Crippen LogP contribution in [0.5, 0.6) is 5.75 Å². The van der Waals surface area contributed by atoms with Gasteiger partial charge >= 0.3 is 0 Å². The summed E-state index contributed by atoms with van der Waals surface area (Å²) >= 11 is 3.48. The number of rotatable bonds is 12. The van der Waals surface area contributed by atoms with Crippen molar-refractivity contribution in [2.24, 2.45) is 0 Å². The zero-order chi connectivity index (χ0) is 25.0. The van der Waals surface area contributed by atoms with Crippen LogP contribution >= 0.6 is 15.9 Å². The molecule has 0 fully saturated rings. The third kappa shape index (κ3) is 8.51. The second kappa shape index (κ2) is 13.6. The second-order valence-electron chi connectivity index (χ2n) is 8.24. The van der Waals surface area contributed by atoms with Crippen molar-refractivity contribution < 1.29 is 18.7 Å². The molecule has 5 nitrogen and oxygen atoms in total. The zero-order valence-corrected chi connectivity index (χ0v) is 21.3. The highest BCUT2D eigenvalue weighted by molar-refractivity contribution is 9.10. The van der Waals surface area contributed by atoms with Gasteiger partial charge in [0.1, 0.15) is 17.6 Å². The lowest BCUT2D eigenvalue weighted by atomic mass is 10.0. The van der Waals surface area contributed by atoms with E-state index in [2.05, 4.69) is 28.2 Å². The van der Waals surface area contributed by atoms with Crippen LogP contribution in [0.4, 0.5) is 4.39 Å². The van der Waals surface area contributed by atoms with Gasteiger partial charge in [0.2, 0.25) is 5.91 Å². The van der Waals surface area contributed by atoms with Gasteiger partial charge in [-0.2, -0.15) is 0 Å². The molecule has 0 aliphatic heterocycles. The van der Waals surface area contributed by atoms with Crippen molar-refractivity contribution in [3.05, 3.63) is 100 Å². The molecule has 2 amide bonds. The fraction of sp³-hybridized carbons (Fsp3) is 0.286. The minimum absolute atomic E-state index is 0.201. The van der Waals surface area contributed by atoms with Gasteiger partial charge in [-0.25, -0.2) is 4.39 Å². The van der Waals surface area contributed by atoms with Crippen molar-refractivity contribution in [1.29, 1.82) is 0 Å². The maximum Gasteiger partial charge on any atom is 0.261 e. The van der Waals surface area contributed by atoms with Crippen molar-refractivity contribution >= 4 is 27.7 Å². The SMILES string of the molecule is CCCCNC(=O)[C@H](Cc1ccccc1)N(Cc1cccc(Br)c1)C(=O)COc1ccc(F)cc1. The van der Waals surface area contributed by atoms with Crippen LogP contribution in [0, 0.1) is 5.82 Å². The van der Waals surface area contributed by atoms with E-state index in [9.17, 15) is 14.0 Å². The van der Waals surface area contributed by atoms with Crippen LogP contribution in [-0.2, 0) is 22.6 Å². The van der Waals surface area contributed by atoms with Crippen LogP contribution in [0.25, 0.3) is 0 Å². The highest BCUT2D eigenvalue weighted by Crippen LogP contribution is 2.19. The summed E-state index contributed by atoms with van der Waals surface area (Å²) in [7, 11) is 0. The number of carbonyl (C=O) groups excluding carboxylic acids is 2. The molecule has 0 saturated carbocycles. The topological polar surface area (TPSA) is 58.6 Å². The molecule has 184 valence electrons. The number of halogens is 2. The third-order valence-corrected chi connectivity index (χ3v) is 6.01. The molecular weight excluding hydrogens is 511 g/mol. The van der Waals surface area contributed by atoms with Gasteiger partial charge in [0.05, 0.1) is 0 Å². The Kier molecular flexibility index (Phi) is 10.3. The van der Waals surface area contributed by atoms with E-state index in [0.29, 0.717) is 18.7 Å². The number of nitrogens with zero attached hydrogens (tertiary/aromatic N) is 1. The zero-order valence-electron chi connectivity index (χ0n) is 19.8. The summed E-state index contributed by atoms with van der Waals surface area (Å²) in [6, 6.07) is 22.1. The van der Waals surface area contributed by atoms with E-state index < -0.39 is 6.04 Å². The third-order valence-electron chi connectivity index (χ3n) is 5.52. The number of carbonyl (C=O) groups is 2. The predicted octanol–water partition coefficient (Wildman–Crippen LogP) is 5.52. The molecule has 1 atom stereocenters. The van der Waals surface area contributed by atoms with E-state index in [1.54, 1.807) is 4.90 Å². The smallest absolute Gasteiger partial charge is 0.261 e. The molecule has 0 radical (unpaired) electrons. The summed E-state index contributed by atoms with van der Waals surface area (Å²) in [4.78, 5) is 28.4. The van der Waals surface area contributed by atoms with Gasteiger partial charge in [-0.05, 0) is 53.9 Å². The van der Waals surface area contributed by atoms with Gasteiger partial charge in [-0.1, -0.05) is 71.7 Å². The van der Waals surface area contributed by atoms with Gasteiger partial charge in [-0.15, -0.1) is 0 Å². The van der Waals surface area contributed by atoms with Crippen LogP contribution in [0.1, 0.15) is 30.9 Å². The molecule has 1 N–H and O–H groups in total. The van der Waals surface area contributed by atoms with Crippen LogP contribution in [0.3, 0.4) is 0 Å². The Morgan fingerprint density at radius 3 is 2.40 bits per heavy atom. The first-order valence-electron chi connectivity index (χ1n) is 11.7. The summed E-state index contributed by atoms with van der Waals surface area (Å²) in [5, 5.41) is 2.99. The van der Waals surface area contributed by atoms with Crippen molar-refractivity contribution in [3.8, 4) is 5.75 Å². The maximum absolute atomic E-state index is 13.5. The monoisotopic (exact) mass is 540 g/mol. The molecule has 0 spiro atoms. The number of benzene rings is 3. The molecule has 7 heteroatoms. The first kappa shape index (κ1) is 26.4. The van der Waals surface area contributed by atoms with Gasteiger partial charge in [0, 0.05) is 24.0 Å². The summed E-state index contributed by atoms with van der Waals surface area (Å²) in [6.07, 6.45) is 2.18. The van der Waals surface area contributed by atoms with Crippen molar-refractivity contribution in [3.63, 3.8) is 0 Å². The fourth-order valence-electron chi connectivity index (χ4n) is 3.65. The van der Waals surface area contributed by atoms with E-state index in [-0.39, 0.29) is 30.8 Å². The molecular formula is C28H30BrFN2O3. The second-order valence-corrected chi connectivity index (χ2v) is 9.16. The summed E-state index contributed by atoms with van der Waals surface area (Å²) in [5.41, 5.74) is 1.84. The Bertz CT molecular complexity index is 1090. The largest absolute Gasteiger partial charge is 0.484 e. The first-order chi connectivity index (χ1) is 17.0. The van der Waals surface area contributed by atoms with Crippen molar-refractivity contribution in [2.45, 2.75) is 38.8 Å². The molecule has 0 heterocycles. The molecule has 0 aromatic heterocycles. The fourth-order valence-corrected chi connectivity index (χ4v) is 4.10. The maximum atomic E-state index is 13.5. The van der Waals surface area contributed by atoms with Crippen molar-refractivity contribution in [1.82, 2.24) is 10.2 Å². The normalized spacial score (nSPS) is 11.5. The lowest BCUT2D eigenvalue weighted by molar-refractivity contribution is -0.142. The van der Waals surface area contributed by atoms with Crippen LogP contribution in [0.15, 0.2) is 83.3 Å².